The molecule has 3 nitrogen and oxygen atoms in total. The van der Waals surface area contributed by atoms with E-state index in [0.717, 1.165) is 4.47 Å². The molecule has 64 valence electrons. The highest BCUT2D eigenvalue weighted by Gasteiger charge is 2.01. The summed E-state index contributed by atoms with van der Waals surface area (Å²) in [5, 5.41) is 0. The van der Waals surface area contributed by atoms with Crippen molar-refractivity contribution >= 4 is 22.2 Å². The molecule has 0 aliphatic heterocycles. The zero-order valence-corrected chi connectivity index (χ0v) is 8.17. The molecule has 4 heteroatoms. The fraction of sp³-hybridized carbons (Fsp3) is 0.250. The maximum Gasteiger partial charge on any atom is 0.168 e. The monoisotopic (exact) mass is 229 g/mol. The van der Waals surface area contributed by atoms with E-state index < -0.39 is 0 Å². The Balaban J connectivity index is 2.99. The minimum Gasteiger partial charge on any atom is -0.493 e. The second-order valence-electron chi connectivity index (χ2n) is 2.09. The second-order valence-corrected chi connectivity index (χ2v) is 2.94. The molecule has 0 unspecified atom stereocenters. The lowest BCUT2D eigenvalue weighted by atomic mass is 10.3. The third-order valence-electron chi connectivity index (χ3n) is 1.26. The lowest BCUT2D eigenvalue weighted by molar-refractivity contribution is 0.111. The van der Waals surface area contributed by atoms with E-state index in [0.29, 0.717) is 24.3 Å². The molecular formula is C8H8BrNO2. The smallest absolute Gasteiger partial charge is 0.168 e. The summed E-state index contributed by atoms with van der Waals surface area (Å²) in [4.78, 5) is 14.2. The van der Waals surface area contributed by atoms with Crippen molar-refractivity contribution in [3.05, 3.63) is 22.4 Å². The van der Waals surface area contributed by atoms with Gasteiger partial charge in [0.25, 0.3) is 0 Å². The molecule has 0 atom stereocenters. The standard InChI is InChI=1S/C8H8BrNO2/c1-2-12-8-3-6(5-11)10-4-7(8)9/h3-5H,2H2,1H3. The largest absolute Gasteiger partial charge is 0.493 e. The van der Waals surface area contributed by atoms with Crippen molar-refractivity contribution < 1.29 is 9.53 Å². The average molecular weight is 230 g/mol. The van der Waals surface area contributed by atoms with Crippen LogP contribution in [0, 0.1) is 0 Å². The van der Waals surface area contributed by atoms with Crippen molar-refractivity contribution in [1.82, 2.24) is 4.98 Å². The van der Waals surface area contributed by atoms with Crippen LogP contribution < -0.4 is 4.74 Å². The fourth-order valence-corrected chi connectivity index (χ4v) is 1.10. The SMILES string of the molecule is CCOc1cc(C=O)ncc1Br. The molecule has 0 aromatic carbocycles. The van der Waals surface area contributed by atoms with E-state index in [2.05, 4.69) is 20.9 Å². The van der Waals surface area contributed by atoms with E-state index in [4.69, 9.17) is 4.74 Å². The molecule has 12 heavy (non-hydrogen) atoms. The van der Waals surface area contributed by atoms with Crippen LogP contribution in [-0.2, 0) is 0 Å². The summed E-state index contributed by atoms with van der Waals surface area (Å²) in [5.41, 5.74) is 0.377. The first kappa shape index (κ1) is 9.19. The molecule has 0 aliphatic carbocycles. The van der Waals surface area contributed by atoms with Gasteiger partial charge in [-0.05, 0) is 22.9 Å². The number of carbonyl (C=O) groups excluding carboxylic acids is 1. The van der Waals surface area contributed by atoms with Crippen LogP contribution in [0.2, 0.25) is 0 Å². The van der Waals surface area contributed by atoms with Crippen molar-refractivity contribution in [2.75, 3.05) is 6.61 Å². The topological polar surface area (TPSA) is 39.2 Å². The number of carbonyl (C=O) groups is 1. The number of aromatic nitrogens is 1. The van der Waals surface area contributed by atoms with Gasteiger partial charge in [-0.3, -0.25) is 9.78 Å². The van der Waals surface area contributed by atoms with Gasteiger partial charge < -0.3 is 4.74 Å². The normalized spacial score (nSPS) is 9.50. The third kappa shape index (κ3) is 2.04. The number of halogens is 1. The van der Waals surface area contributed by atoms with Crippen molar-refractivity contribution in [2.45, 2.75) is 6.92 Å². The Morgan fingerprint density at radius 3 is 3.08 bits per heavy atom. The average Bonchev–Trinajstić information content (AvgIpc) is 2.09. The highest BCUT2D eigenvalue weighted by Crippen LogP contribution is 2.23. The molecule has 0 saturated carbocycles. The summed E-state index contributed by atoms with van der Waals surface area (Å²) in [6, 6.07) is 1.60. The number of pyridine rings is 1. The molecule has 0 spiro atoms. The van der Waals surface area contributed by atoms with E-state index in [-0.39, 0.29) is 0 Å². The Kier molecular flexibility index (Phi) is 3.22. The molecule has 0 amide bonds. The van der Waals surface area contributed by atoms with Crippen LogP contribution in [0.4, 0.5) is 0 Å². The Morgan fingerprint density at radius 2 is 2.50 bits per heavy atom. The summed E-state index contributed by atoms with van der Waals surface area (Å²) >= 11 is 3.26. The van der Waals surface area contributed by atoms with Crippen LogP contribution in [0.25, 0.3) is 0 Å². The van der Waals surface area contributed by atoms with Gasteiger partial charge in [-0.2, -0.15) is 0 Å². The summed E-state index contributed by atoms with van der Waals surface area (Å²) in [6.07, 6.45) is 2.24. The first-order valence-corrected chi connectivity index (χ1v) is 4.30. The van der Waals surface area contributed by atoms with E-state index in [1.165, 1.54) is 0 Å². The van der Waals surface area contributed by atoms with Gasteiger partial charge in [0.1, 0.15) is 11.4 Å². The molecule has 0 fully saturated rings. The zero-order valence-electron chi connectivity index (χ0n) is 6.58. The van der Waals surface area contributed by atoms with Gasteiger partial charge in [-0.15, -0.1) is 0 Å². The summed E-state index contributed by atoms with van der Waals surface area (Å²) in [6.45, 7) is 2.45. The van der Waals surface area contributed by atoms with E-state index in [1.807, 2.05) is 6.92 Å². The summed E-state index contributed by atoms with van der Waals surface area (Å²) < 4.78 is 5.99. The van der Waals surface area contributed by atoms with E-state index in [9.17, 15) is 4.79 Å². The quantitative estimate of drug-likeness (QED) is 0.746. The number of hydrogen-bond acceptors (Lipinski definition) is 3. The highest BCUT2D eigenvalue weighted by molar-refractivity contribution is 9.10. The molecule has 0 N–H and O–H groups in total. The number of nitrogens with zero attached hydrogens (tertiary/aromatic N) is 1. The van der Waals surface area contributed by atoms with Crippen LogP contribution in [0.5, 0.6) is 5.75 Å². The maximum absolute atomic E-state index is 10.3. The lowest BCUT2D eigenvalue weighted by Crippen LogP contribution is -1.95. The van der Waals surface area contributed by atoms with Crippen LogP contribution >= 0.6 is 15.9 Å². The molecule has 0 aliphatic rings. The number of hydrogen-bond donors (Lipinski definition) is 0. The second kappa shape index (κ2) is 4.21. The molecule has 1 aromatic heterocycles. The maximum atomic E-state index is 10.3. The first-order chi connectivity index (χ1) is 5.77. The van der Waals surface area contributed by atoms with Crippen LogP contribution in [-0.4, -0.2) is 17.9 Å². The molecular weight excluding hydrogens is 222 g/mol. The minimum absolute atomic E-state index is 0.377. The van der Waals surface area contributed by atoms with Gasteiger partial charge >= 0.3 is 0 Å². The van der Waals surface area contributed by atoms with Gasteiger partial charge in [-0.1, -0.05) is 0 Å². The first-order valence-electron chi connectivity index (χ1n) is 3.51. The molecule has 0 radical (unpaired) electrons. The predicted molar refractivity (Wildman–Crippen MR) is 48.5 cm³/mol. The molecule has 1 heterocycles. The van der Waals surface area contributed by atoms with Crippen LogP contribution in [0.15, 0.2) is 16.7 Å². The van der Waals surface area contributed by atoms with Gasteiger partial charge in [0.05, 0.1) is 11.1 Å². The summed E-state index contributed by atoms with van der Waals surface area (Å²) in [5.74, 6) is 0.648. The van der Waals surface area contributed by atoms with Gasteiger partial charge in [0, 0.05) is 12.3 Å². The Bertz CT molecular complexity index is 288. The van der Waals surface area contributed by atoms with Crippen molar-refractivity contribution in [3.8, 4) is 5.75 Å². The number of ether oxygens (including phenoxy) is 1. The molecule has 1 rings (SSSR count). The predicted octanol–water partition coefficient (Wildman–Crippen LogP) is 2.06. The Labute approximate surface area is 78.9 Å². The number of rotatable bonds is 3. The minimum atomic E-state index is 0.377. The van der Waals surface area contributed by atoms with Gasteiger partial charge in [-0.25, -0.2) is 0 Å². The van der Waals surface area contributed by atoms with Crippen molar-refractivity contribution in [2.24, 2.45) is 0 Å². The number of aldehydes is 1. The lowest BCUT2D eigenvalue weighted by Gasteiger charge is -2.04. The molecule has 0 saturated heterocycles. The Morgan fingerprint density at radius 1 is 1.75 bits per heavy atom. The van der Waals surface area contributed by atoms with Crippen LogP contribution in [0.1, 0.15) is 17.4 Å². The molecule has 0 bridgehead atoms. The van der Waals surface area contributed by atoms with Crippen molar-refractivity contribution in [1.29, 1.82) is 0 Å². The van der Waals surface area contributed by atoms with E-state index >= 15 is 0 Å². The van der Waals surface area contributed by atoms with Crippen LogP contribution in [0.3, 0.4) is 0 Å². The van der Waals surface area contributed by atoms with Gasteiger partial charge in [0.2, 0.25) is 0 Å². The fourth-order valence-electron chi connectivity index (χ4n) is 0.766. The Hall–Kier alpha value is -0.900. The van der Waals surface area contributed by atoms with Crippen molar-refractivity contribution in [3.63, 3.8) is 0 Å². The summed E-state index contributed by atoms with van der Waals surface area (Å²) in [7, 11) is 0. The zero-order chi connectivity index (χ0) is 8.97. The molecule has 1 aromatic rings. The van der Waals surface area contributed by atoms with Gasteiger partial charge in [0.15, 0.2) is 6.29 Å². The highest BCUT2D eigenvalue weighted by atomic mass is 79.9. The van der Waals surface area contributed by atoms with E-state index in [1.54, 1.807) is 12.3 Å². The third-order valence-corrected chi connectivity index (χ3v) is 1.86.